The Labute approximate surface area is 196 Å². The Morgan fingerprint density at radius 1 is 1.24 bits per heavy atom. The lowest BCUT2D eigenvalue weighted by atomic mass is 10.0. The van der Waals surface area contributed by atoms with E-state index in [1.807, 2.05) is 6.20 Å². The molecule has 34 heavy (non-hydrogen) atoms. The van der Waals surface area contributed by atoms with Gasteiger partial charge in [0.15, 0.2) is 11.6 Å². The topological polar surface area (TPSA) is 78.4 Å². The van der Waals surface area contributed by atoms with Crippen LogP contribution in [0.5, 0.6) is 5.75 Å². The molecule has 4 fully saturated rings. The van der Waals surface area contributed by atoms with Gasteiger partial charge in [-0.1, -0.05) is 6.92 Å². The summed E-state index contributed by atoms with van der Waals surface area (Å²) in [5.41, 5.74) is 6.94. The Balaban J connectivity index is 1.25. The normalized spacial score (nSPS) is 31.8. The Kier molecular flexibility index (Phi) is 5.11. The van der Waals surface area contributed by atoms with Gasteiger partial charge in [0, 0.05) is 55.7 Å². The minimum Gasteiger partial charge on any atom is -0.402 e. The highest BCUT2D eigenvalue weighted by molar-refractivity contribution is 5.64. The molecular formula is C24H30F3N5O2. The van der Waals surface area contributed by atoms with Crippen molar-refractivity contribution < 1.29 is 22.6 Å². The Morgan fingerprint density at radius 3 is 2.76 bits per heavy atom. The van der Waals surface area contributed by atoms with Crippen LogP contribution in [0, 0.1) is 11.3 Å². The van der Waals surface area contributed by atoms with Crippen molar-refractivity contribution in [2.24, 2.45) is 11.3 Å². The summed E-state index contributed by atoms with van der Waals surface area (Å²) in [6, 6.07) is 2.27. The number of anilines is 1. The molecule has 0 aromatic carbocycles. The first-order valence-electron chi connectivity index (χ1n) is 12.1. The van der Waals surface area contributed by atoms with Gasteiger partial charge in [0.05, 0.1) is 12.3 Å². The number of hydrogen-bond donors (Lipinski definition) is 1. The van der Waals surface area contributed by atoms with E-state index in [4.69, 9.17) is 15.5 Å². The molecule has 3 saturated carbocycles. The van der Waals surface area contributed by atoms with Gasteiger partial charge in [0.2, 0.25) is 0 Å². The third-order valence-corrected chi connectivity index (χ3v) is 8.18. The first kappa shape index (κ1) is 22.2. The lowest BCUT2D eigenvalue weighted by molar-refractivity contribution is -0.274. The Bertz CT molecular complexity index is 1080. The lowest BCUT2D eigenvalue weighted by Crippen LogP contribution is -2.37. The van der Waals surface area contributed by atoms with Crippen LogP contribution in [0.3, 0.4) is 0 Å². The number of ether oxygens (including phenoxy) is 2. The number of nitrogen functional groups attached to an aromatic ring is 1. The molecule has 2 N–H and O–H groups in total. The Morgan fingerprint density at radius 2 is 2.06 bits per heavy atom. The molecule has 3 aliphatic carbocycles. The van der Waals surface area contributed by atoms with Gasteiger partial charge in [-0.3, -0.25) is 4.90 Å². The molecule has 3 heterocycles. The number of hydrogen-bond acceptors (Lipinski definition) is 6. The summed E-state index contributed by atoms with van der Waals surface area (Å²) in [5, 5.41) is 0. The molecule has 184 valence electrons. The average molecular weight is 478 g/mol. The number of imidazole rings is 1. The SMILES string of the molecule is CC12CC(N3CCCOCC3)C[C@H]1[C@@H]2n1cc(-c2cnc(N)c(OC(F)(F)F)c2)nc1C1CC1. The van der Waals surface area contributed by atoms with Crippen molar-refractivity contribution in [2.75, 3.05) is 32.0 Å². The first-order chi connectivity index (χ1) is 16.2. The minimum atomic E-state index is -4.83. The maximum absolute atomic E-state index is 12.8. The van der Waals surface area contributed by atoms with E-state index < -0.39 is 12.1 Å². The first-order valence-corrected chi connectivity index (χ1v) is 12.1. The van der Waals surface area contributed by atoms with E-state index in [1.165, 1.54) is 18.7 Å². The number of nitrogens with zero attached hydrogens (tertiary/aromatic N) is 4. The van der Waals surface area contributed by atoms with Gasteiger partial charge in [-0.2, -0.15) is 0 Å². The second-order valence-corrected chi connectivity index (χ2v) is 10.5. The lowest BCUT2D eigenvalue weighted by Gasteiger charge is -2.30. The third-order valence-electron chi connectivity index (χ3n) is 8.18. The van der Waals surface area contributed by atoms with Crippen LogP contribution in [0.4, 0.5) is 19.0 Å². The van der Waals surface area contributed by atoms with Crippen LogP contribution >= 0.6 is 0 Å². The highest BCUT2D eigenvalue weighted by Crippen LogP contribution is 2.72. The second kappa shape index (κ2) is 7.84. The molecule has 1 aliphatic heterocycles. The monoisotopic (exact) mass is 477 g/mol. The fourth-order valence-electron chi connectivity index (χ4n) is 6.32. The van der Waals surface area contributed by atoms with Gasteiger partial charge in [-0.15, -0.1) is 13.2 Å². The molecule has 2 aromatic heterocycles. The van der Waals surface area contributed by atoms with E-state index in [0.29, 0.717) is 35.2 Å². The minimum absolute atomic E-state index is 0.226. The van der Waals surface area contributed by atoms with E-state index >= 15 is 0 Å². The molecule has 4 aliphatic rings. The summed E-state index contributed by atoms with van der Waals surface area (Å²) in [5.74, 6) is 1.27. The summed E-state index contributed by atoms with van der Waals surface area (Å²) in [7, 11) is 0. The smallest absolute Gasteiger partial charge is 0.402 e. The summed E-state index contributed by atoms with van der Waals surface area (Å²) in [6.45, 7) is 6.16. The molecule has 1 saturated heterocycles. The quantitative estimate of drug-likeness (QED) is 0.689. The van der Waals surface area contributed by atoms with Crippen molar-refractivity contribution in [1.82, 2.24) is 19.4 Å². The van der Waals surface area contributed by atoms with Crippen molar-refractivity contribution in [3.8, 4) is 17.0 Å². The number of fused-ring (bicyclic) bond motifs is 1. The third kappa shape index (κ3) is 3.94. The van der Waals surface area contributed by atoms with Crippen molar-refractivity contribution >= 4 is 5.82 Å². The molecule has 7 nitrogen and oxygen atoms in total. The van der Waals surface area contributed by atoms with E-state index in [1.54, 1.807) is 0 Å². The van der Waals surface area contributed by atoms with Gasteiger partial charge in [0.25, 0.3) is 0 Å². The molecular weight excluding hydrogens is 447 g/mol. The number of alkyl halides is 3. The fourth-order valence-corrected chi connectivity index (χ4v) is 6.32. The predicted molar refractivity (Wildman–Crippen MR) is 119 cm³/mol. The molecule has 10 heteroatoms. The van der Waals surface area contributed by atoms with Gasteiger partial charge in [-0.05, 0) is 49.5 Å². The summed E-state index contributed by atoms with van der Waals surface area (Å²) in [4.78, 5) is 11.4. The van der Waals surface area contributed by atoms with Crippen LogP contribution in [0.15, 0.2) is 18.5 Å². The van der Waals surface area contributed by atoms with Crippen molar-refractivity contribution in [3.63, 3.8) is 0 Å². The van der Waals surface area contributed by atoms with E-state index in [-0.39, 0.29) is 11.2 Å². The van der Waals surface area contributed by atoms with Gasteiger partial charge >= 0.3 is 6.36 Å². The fraction of sp³-hybridized carbons (Fsp3) is 0.667. The summed E-state index contributed by atoms with van der Waals surface area (Å²) >= 11 is 0. The van der Waals surface area contributed by atoms with Crippen molar-refractivity contribution in [1.29, 1.82) is 0 Å². The summed E-state index contributed by atoms with van der Waals surface area (Å²) in [6.07, 6.45) is 4.26. The van der Waals surface area contributed by atoms with Crippen LogP contribution in [-0.2, 0) is 4.74 Å². The maximum atomic E-state index is 12.8. The van der Waals surface area contributed by atoms with Gasteiger partial charge in [0.1, 0.15) is 5.82 Å². The molecule has 0 spiro atoms. The molecule has 2 aromatic rings. The largest absolute Gasteiger partial charge is 0.573 e. The van der Waals surface area contributed by atoms with Crippen molar-refractivity contribution in [2.45, 2.75) is 63.4 Å². The zero-order chi connectivity index (χ0) is 23.7. The van der Waals surface area contributed by atoms with E-state index in [0.717, 1.165) is 57.8 Å². The van der Waals surface area contributed by atoms with Crippen LogP contribution in [0.2, 0.25) is 0 Å². The predicted octanol–water partition coefficient (Wildman–Crippen LogP) is 4.37. The van der Waals surface area contributed by atoms with Crippen LogP contribution in [-0.4, -0.2) is 58.1 Å². The highest BCUT2D eigenvalue weighted by Gasteiger charge is 2.68. The number of pyridine rings is 1. The number of halogens is 3. The molecule has 6 rings (SSSR count). The molecule has 2 unspecified atom stereocenters. The standard InChI is InChI=1S/C24H30F3N5O2/c1-23-11-16(31-5-2-7-33-8-6-31)10-17(23)20(23)32-13-18(30-22(32)14-3-4-14)15-9-19(21(28)29-12-15)34-24(25,26)27/h9,12-14,16-17,20H,2-8,10-11H2,1H3,(H2,28,29)/t16?,17-,20-,23?/m0/s1. The molecule has 0 radical (unpaired) electrons. The molecule has 0 amide bonds. The summed E-state index contributed by atoms with van der Waals surface area (Å²) < 4.78 is 50.4. The number of nitrogens with two attached hydrogens (primary N) is 1. The zero-order valence-corrected chi connectivity index (χ0v) is 19.2. The van der Waals surface area contributed by atoms with Gasteiger partial charge < -0.3 is 19.8 Å². The molecule has 4 atom stereocenters. The van der Waals surface area contributed by atoms with Gasteiger partial charge in [-0.25, -0.2) is 9.97 Å². The highest BCUT2D eigenvalue weighted by atomic mass is 19.4. The van der Waals surface area contributed by atoms with Crippen LogP contribution in [0.1, 0.15) is 56.8 Å². The van der Waals surface area contributed by atoms with E-state index in [2.05, 4.69) is 26.1 Å². The average Bonchev–Trinajstić information content (AvgIpc) is 3.65. The second-order valence-electron chi connectivity index (χ2n) is 10.5. The van der Waals surface area contributed by atoms with Crippen LogP contribution in [0.25, 0.3) is 11.3 Å². The maximum Gasteiger partial charge on any atom is 0.573 e. The van der Waals surface area contributed by atoms with E-state index in [9.17, 15) is 13.2 Å². The zero-order valence-electron chi connectivity index (χ0n) is 19.2. The molecule has 0 bridgehead atoms. The van der Waals surface area contributed by atoms with Crippen LogP contribution < -0.4 is 10.5 Å². The Hall–Kier alpha value is -2.33. The number of rotatable bonds is 5. The number of aromatic nitrogens is 3. The van der Waals surface area contributed by atoms with Crippen molar-refractivity contribution in [3.05, 3.63) is 24.3 Å².